The number of methoxy groups -OCH3 is 2. The first-order valence-electron chi connectivity index (χ1n) is 24.8. The van der Waals surface area contributed by atoms with Crippen LogP contribution < -0.4 is 14.8 Å². The first-order chi connectivity index (χ1) is 34.9. The molecule has 0 radical (unpaired) electrons. The van der Waals surface area contributed by atoms with Gasteiger partial charge >= 0.3 is 17.9 Å². The van der Waals surface area contributed by atoms with Crippen LogP contribution in [-0.4, -0.2) is 180 Å². The lowest BCUT2D eigenvalue weighted by atomic mass is 9.72. The van der Waals surface area contributed by atoms with Crippen molar-refractivity contribution in [1.82, 2.24) is 14.8 Å². The number of aliphatic hydroxyl groups is 1. The number of halogens is 3. The van der Waals surface area contributed by atoms with Gasteiger partial charge in [-0.05, 0) is 95.4 Å². The number of rotatable bonds is 15. The SMILES string of the molecule is COc1ccc(C(=O)Nc2c(Cl)cncc2Cl)cc1OCCS[C@@H]1C(=O)O[C@@]2(C)[C@H]1[C@@H](C)C(=O)[C@H](C)C[C@@](C)(OC)[C@H](O[C@@H]1O[C@H](C)C[C@H](N(C)C)[C@H]1O)[C@@H](C)[C@H](OC(=O)CN1CCOCC1)[C@@H](C)C(=O)O[C@@H]2I. The van der Waals surface area contributed by atoms with Gasteiger partial charge in [0.1, 0.15) is 23.2 Å². The Morgan fingerprint density at radius 3 is 2.31 bits per heavy atom. The summed E-state index contributed by atoms with van der Waals surface area (Å²) in [5, 5.41) is 13.8. The van der Waals surface area contributed by atoms with Crippen LogP contribution in [0, 0.1) is 29.6 Å². The molecule has 0 aliphatic carbocycles. The lowest BCUT2D eigenvalue weighted by Crippen LogP contribution is -2.60. The second kappa shape index (κ2) is 26.0. The minimum absolute atomic E-state index is 0.0328. The second-order valence-corrected chi connectivity index (χ2v) is 23.4. The summed E-state index contributed by atoms with van der Waals surface area (Å²) in [4.78, 5) is 79.0. The zero-order valence-electron chi connectivity index (χ0n) is 43.8. The van der Waals surface area contributed by atoms with E-state index in [0.29, 0.717) is 38.5 Å². The highest BCUT2D eigenvalue weighted by atomic mass is 127. The van der Waals surface area contributed by atoms with Crippen molar-refractivity contribution >= 4 is 92.8 Å². The predicted octanol–water partition coefficient (Wildman–Crippen LogP) is 6.34. The fraction of sp³-hybridized carbons (Fsp3) is 0.686. The molecule has 1 aromatic heterocycles. The van der Waals surface area contributed by atoms with Crippen molar-refractivity contribution in [2.75, 3.05) is 78.8 Å². The molecule has 5 heterocycles. The van der Waals surface area contributed by atoms with Crippen molar-refractivity contribution in [3.05, 3.63) is 46.2 Å². The number of likely N-dealkylation sites (N-methyl/N-ethyl adjacent to an activating group) is 1. The Labute approximate surface area is 461 Å². The van der Waals surface area contributed by atoms with Crippen molar-refractivity contribution in [3.63, 3.8) is 0 Å². The maximum Gasteiger partial charge on any atom is 0.320 e. The minimum Gasteiger partial charge on any atom is -0.493 e. The van der Waals surface area contributed by atoms with Gasteiger partial charge in [0.2, 0.25) is 0 Å². The Bertz CT molecular complexity index is 2300. The third kappa shape index (κ3) is 13.8. The maximum atomic E-state index is 15.1. The predicted molar refractivity (Wildman–Crippen MR) is 285 cm³/mol. The van der Waals surface area contributed by atoms with Crippen molar-refractivity contribution in [3.8, 4) is 11.5 Å². The lowest BCUT2D eigenvalue weighted by Gasteiger charge is -2.48. The van der Waals surface area contributed by atoms with E-state index >= 15 is 4.79 Å². The molecule has 1 amide bonds. The smallest absolute Gasteiger partial charge is 0.320 e. The molecule has 2 N–H and O–H groups in total. The van der Waals surface area contributed by atoms with Gasteiger partial charge in [0.15, 0.2) is 27.5 Å². The monoisotopic (exact) mass is 1210 g/mol. The number of cyclic esters (lactones) is 1. The summed E-state index contributed by atoms with van der Waals surface area (Å²) >= 11 is 15.6. The third-order valence-electron chi connectivity index (χ3n) is 14.8. The Hall–Kier alpha value is -3.10. The summed E-state index contributed by atoms with van der Waals surface area (Å²) in [6, 6.07) is 4.30. The Kier molecular flexibility index (Phi) is 21.2. The van der Waals surface area contributed by atoms with Crippen LogP contribution in [-0.2, 0) is 52.3 Å². The number of carbonyl (C=O) groups is 5. The number of nitrogens with one attached hydrogen (secondary N) is 1. The molecule has 4 aliphatic heterocycles. The number of ether oxygens (including phenoxy) is 9. The summed E-state index contributed by atoms with van der Waals surface area (Å²) in [5.74, 6) is -6.25. The normalized spacial score (nSPS) is 34.5. The fourth-order valence-corrected chi connectivity index (χ4v) is 13.2. The number of hydrogen-bond acceptors (Lipinski definition) is 19. The molecule has 2 aromatic rings. The summed E-state index contributed by atoms with van der Waals surface area (Å²) in [5.41, 5.74) is -2.45. The zero-order chi connectivity index (χ0) is 54.4. The van der Waals surface area contributed by atoms with E-state index < -0.39 is 98.6 Å². The highest BCUT2D eigenvalue weighted by Gasteiger charge is 2.62. The first kappa shape index (κ1) is 60.1. The van der Waals surface area contributed by atoms with Gasteiger partial charge in [-0.1, -0.05) is 44.0 Å². The third-order valence-corrected chi connectivity index (χ3v) is 18.1. The summed E-state index contributed by atoms with van der Waals surface area (Å²) in [7, 11) is 6.69. The van der Waals surface area contributed by atoms with Gasteiger partial charge in [-0.25, -0.2) is 0 Å². The number of morpholine rings is 1. The van der Waals surface area contributed by atoms with E-state index in [1.807, 2.05) is 53.4 Å². The van der Waals surface area contributed by atoms with Crippen molar-refractivity contribution < 1.29 is 71.7 Å². The number of alkyl halides is 1. The molecular formula is C51H71Cl2IN4O15S. The molecule has 23 heteroatoms. The van der Waals surface area contributed by atoms with Crippen LogP contribution in [0.15, 0.2) is 30.6 Å². The van der Waals surface area contributed by atoms with E-state index in [1.165, 1.54) is 44.4 Å². The highest BCUT2D eigenvalue weighted by molar-refractivity contribution is 14.1. The van der Waals surface area contributed by atoms with E-state index in [-0.39, 0.29) is 70.3 Å². The number of benzene rings is 1. The van der Waals surface area contributed by atoms with Crippen LogP contribution in [0.2, 0.25) is 10.0 Å². The molecule has 6 rings (SSSR count). The summed E-state index contributed by atoms with van der Waals surface area (Å²) in [6.07, 6.45) is -1.53. The minimum atomic E-state index is -1.52. The number of nitrogens with zero attached hydrogens (tertiary/aromatic N) is 3. The molecule has 412 valence electrons. The summed E-state index contributed by atoms with van der Waals surface area (Å²) in [6.45, 7) is 14.2. The number of esters is 3. The molecular weight excluding hydrogens is 1140 g/mol. The number of fused-ring (bicyclic) bond motifs is 1. The van der Waals surface area contributed by atoms with Gasteiger partial charge in [-0.15, -0.1) is 11.8 Å². The molecule has 0 bridgehead atoms. The molecule has 1 aromatic carbocycles. The average molecular weight is 1210 g/mol. The van der Waals surface area contributed by atoms with E-state index in [2.05, 4.69) is 10.3 Å². The van der Waals surface area contributed by atoms with Crippen molar-refractivity contribution in [2.24, 2.45) is 29.6 Å². The fourth-order valence-electron chi connectivity index (χ4n) is 10.6. The van der Waals surface area contributed by atoms with Crippen molar-refractivity contribution in [2.45, 2.75) is 119 Å². The molecule has 4 aliphatic rings. The number of aromatic nitrogens is 1. The number of carbonyl (C=O) groups excluding carboxylic acids is 5. The molecule has 4 saturated heterocycles. The van der Waals surface area contributed by atoms with Gasteiger partial charge in [0.25, 0.3) is 5.91 Å². The van der Waals surface area contributed by atoms with Gasteiger partial charge in [-0.2, -0.15) is 0 Å². The van der Waals surface area contributed by atoms with Gasteiger partial charge < -0.3 is 58.0 Å². The summed E-state index contributed by atoms with van der Waals surface area (Å²) < 4.78 is 54.5. The molecule has 15 atom stereocenters. The number of ketones is 1. The lowest BCUT2D eigenvalue weighted by molar-refractivity contribution is -0.301. The van der Waals surface area contributed by atoms with Crippen LogP contribution in [0.3, 0.4) is 0 Å². The number of pyridine rings is 1. The Morgan fingerprint density at radius 1 is 1.00 bits per heavy atom. The largest absolute Gasteiger partial charge is 0.493 e. The Balaban J connectivity index is 1.30. The average Bonchev–Trinajstić information content (AvgIpc) is 3.63. The number of anilines is 1. The molecule has 74 heavy (non-hydrogen) atoms. The van der Waals surface area contributed by atoms with Gasteiger partial charge in [0.05, 0.1) is 72.9 Å². The highest BCUT2D eigenvalue weighted by Crippen LogP contribution is 2.50. The van der Waals surface area contributed by atoms with Crippen LogP contribution >= 0.6 is 57.6 Å². The van der Waals surface area contributed by atoms with E-state index in [9.17, 15) is 24.3 Å². The van der Waals surface area contributed by atoms with E-state index in [0.717, 1.165) is 0 Å². The number of hydrogen-bond donors (Lipinski definition) is 2. The number of thioether (sulfide) groups is 1. The van der Waals surface area contributed by atoms with E-state index in [1.54, 1.807) is 53.7 Å². The van der Waals surface area contributed by atoms with Crippen LogP contribution in [0.5, 0.6) is 11.5 Å². The van der Waals surface area contributed by atoms with Gasteiger partial charge in [-0.3, -0.25) is 33.9 Å². The number of aliphatic hydroxyl groups excluding tert-OH is 1. The van der Waals surface area contributed by atoms with Crippen LogP contribution in [0.1, 0.15) is 71.7 Å². The van der Waals surface area contributed by atoms with Gasteiger partial charge in [0, 0.05) is 73.6 Å². The quantitative estimate of drug-likeness (QED) is 0.0653. The molecule has 19 nitrogen and oxygen atoms in total. The molecule has 0 spiro atoms. The van der Waals surface area contributed by atoms with Crippen LogP contribution in [0.4, 0.5) is 5.69 Å². The van der Waals surface area contributed by atoms with E-state index in [4.69, 9.17) is 65.8 Å². The topological polar surface area (TPSA) is 220 Å². The number of Topliss-reactive ketones (excluding diaryl/α,β-unsaturated/α-hetero) is 1. The maximum absolute atomic E-state index is 15.1. The number of amides is 1. The molecule has 4 fully saturated rings. The zero-order valence-corrected chi connectivity index (χ0v) is 48.3. The first-order valence-corrected chi connectivity index (χ1v) is 27.8. The second-order valence-electron chi connectivity index (χ2n) is 20.3. The standard InChI is InChI=1S/C51H71Cl2IN4O15S/c1-26-22-50(6,66-11)44(71-48-41(61)34(57(8)9)20-27(2)69-48)29(4)42(70-37(59)25-58-14-16-67-17-15-58)30(5)46(63)72-49(54)51(7)38(28(3)40(26)60)43(47(64)73-51)74-19-18-68-36-21-31(12-13-35(36)65-10)45(62)56-39-32(52)23-55-24-33(39)53/h12-13,21,23-24,26-30,34,38,41-44,48-49,61H,14-20,22,25H2,1-11H3,(H,55,56,62)/t26-,27-,28-,29+,30-,34+,38+,41-,42+,43+,44-,48+,49+,50-,51+/m1/s1. The Morgan fingerprint density at radius 2 is 1.68 bits per heavy atom. The van der Waals surface area contributed by atoms with Crippen LogP contribution in [0.25, 0.3) is 0 Å². The molecule has 0 unspecified atom stereocenters. The van der Waals surface area contributed by atoms with Crippen molar-refractivity contribution in [1.29, 1.82) is 0 Å². The molecule has 0 saturated carbocycles.